The number of fused-ring (bicyclic) bond motifs is 1. The first kappa shape index (κ1) is 22.6. The molecule has 6 nitrogen and oxygen atoms in total. The average Bonchev–Trinajstić information content (AvgIpc) is 3.33. The Kier molecular flexibility index (Phi) is 7.01. The van der Waals surface area contributed by atoms with E-state index in [9.17, 15) is 0 Å². The number of methoxy groups -OCH3 is 1. The number of ether oxygens (including phenoxy) is 2. The zero-order valence-corrected chi connectivity index (χ0v) is 19.7. The molecule has 5 aromatic rings. The summed E-state index contributed by atoms with van der Waals surface area (Å²) in [5.74, 6) is 2.47. The topological polar surface area (TPSA) is 60.7 Å². The zero-order valence-electron chi connectivity index (χ0n) is 19.7. The van der Waals surface area contributed by atoms with Crippen molar-refractivity contribution < 1.29 is 9.47 Å². The highest BCUT2D eigenvalue weighted by Crippen LogP contribution is 2.23. The van der Waals surface area contributed by atoms with Crippen LogP contribution in [0.3, 0.4) is 0 Å². The lowest BCUT2D eigenvalue weighted by Gasteiger charge is -2.08. The minimum atomic E-state index is 0.619. The lowest BCUT2D eigenvalue weighted by atomic mass is 10.1. The summed E-state index contributed by atoms with van der Waals surface area (Å²) in [4.78, 5) is 4.73. The molecular weight excluding hydrogens is 436 g/mol. The van der Waals surface area contributed by atoms with Crippen molar-refractivity contribution in [3.05, 3.63) is 114 Å². The van der Waals surface area contributed by atoms with Gasteiger partial charge in [0.25, 0.3) is 0 Å². The lowest BCUT2D eigenvalue weighted by molar-refractivity contribution is 0.313. The molecular formula is C29H28N4O2. The average molecular weight is 465 g/mol. The minimum absolute atomic E-state index is 0.619. The number of benzene rings is 3. The molecule has 0 unspecified atom stereocenters. The predicted molar refractivity (Wildman–Crippen MR) is 138 cm³/mol. The lowest BCUT2D eigenvalue weighted by Crippen LogP contribution is -2.20. The van der Waals surface area contributed by atoms with Crippen LogP contribution in [0.4, 0.5) is 0 Å². The monoisotopic (exact) mass is 464 g/mol. The summed E-state index contributed by atoms with van der Waals surface area (Å²) in [6, 6.07) is 32.5. The molecule has 2 heterocycles. The van der Waals surface area contributed by atoms with Gasteiger partial charge in [-0.3, -0.25) is 0 Å². The number of aromatic nitrogens is 3. The van der Waals surface area contributed by atoms with Crippen LogP contribution < -0.4 is 14.8 Å². The van der Waals surface area contributed by atoms with E-state index in [0.717, 1.165) is 52.9 Å². The fraction of sp³-hybridized carbons (Fsp3) is 0.172. The van der Waals surface area contributed by atoms with Gasteiger partial charge < -0.3 is 14.8 Å². The van der Waals surface area contributed by atoms with Crippen molar-refractivity contribution in [1.82, 2.24) is 19.9 Å². The van der Waals surface area contributed by atoms with Crippen LogP contribution in [0, 0.1) is 0 Å². The van der Waals surface area contributed by atoms with E-state index >= 15 is 0 Å². The fourth-order valence-electron chi connectivity index (χ4n) is 3.96. The standard InChI is InChI=1S/C29H28N4O2/c1-34-25-16-12-24(13-17-25)27-8-5-9-29-31-28(32-33(27)29)20-22-10-14-26(15-11-22)35-19-18-30-21-23-6-3-2-4-7-23/h2-17,30H,18-21H2,1H3. The van der Waals surface area contributed by atoms with Gasteiger partial charge in [-0.25, -0.2) is 9.50 Å². The van der Waals surface area contributed by atoms with Crippen molar-refractivity contribution in [2.45, 2.75) is 13.0 Å². The maximum atomic E-state index is 5.87. The van der Waals surface area contributed by atoms with Crippen molar-refractivity contribution in [2.75, 3.05) is 20.3 Å². The maximum Gasteiger partial charge on any atom is 0.156 e. The van der Waals surface area contributed by atoms with Crippen LogP contribution in [0.5, 0.6) is 11.5 Å². The molecule has 0 fully saturated rings. The summed E-state index contributed by atoms with van der Waals surface area (Å²) in [6.45, 7) is 2.25. The van der Waals surface area contributed by atoms with E-state index in [4.69, 9.17) is 19.6 Å². The summed E-state index contributed by atoms with van der Waals surface area (Å²) < 4.78 is 13.0. The van der Waals surface area contributed by atoms with Gasteiger partial charge in [-0.05, 0) is 59.7 Å². The largest absolute Gasteiger partial charge is 0.497 e. The van der Waals surface area contributed by atoms with Gasteiger partial charge in [-0.2, -0.15) is 5.10 Å². The summed E-state index contributed by atoms with van der Waals surface area (Å²) in [7, 11) is 1.67. The van der Waals surface area contributed by atoms with Crippen LogP contribution >= 0.6 is 0 Å². The van der Waals surface area contributed by atoms with Crippen LogP contribution in [0.15, 0.2) is 97.1 Å². The quantitative estimate of drug-likeness (QED) is 0.289. The third-order valence-electron chi connectivity index (χ3n) is 5.79. The third kappa shape index (κ3) is 5.67. The van der Waals surface area contributed by atoms with Gasteiger partial charge in [0.05, 0.1) is 12.8 Å². The molecule has 0 atom stereocenters. The first-order chi connectivity index (χ1) is 17.3. The van der Waals surface area contributed by atoms with Crippen LogP contribution in [0.25, 0.3) is 16.9 Å². The third-order valence-corrected chi connectivity index (χ3v) is 5.79. The Morgan fingerprint density at radius 2 is 1.54 bits per heavy atom. The van der Waals surface area contributed by atoms with Crippen LogP contribution in [0.1, 0.15) is 17.0 Å². The van der Waals surface area contributed by atoms with Crippen molar-refractivity contribution in [3.8, 4) is 22.8 Å². The van der Waals surface area contributed by atoms with Gasteiger partial charge in [-0.15, -0.1) is 0 Å². The van der Waals surface area contributed by atoms with Crippen molar-refractivity contribution in [2.24, 2.45) is 0 Å². The van der Waals surface area contributed by atoms with Crippen LogP contribution in [-0.2, 0) is 13.0 Å². The van der Waals surface area contributed by atoms with Crippen molar-refractivity contribution >= 4 is 5.65 Å². The molecule has 2 aromatic heterocycles. The van der Waals surface area contributed by atoms with Gasteiger partial charge >= 0.3 is 0 Å². The summed E-state index contributed by atoms with van der Waals surface area (Å²) in [6.07, 6.45) is 0.655. The van der Waals surface area contributed by atoms with E-state index in [0.29, 0.717) is 13.0 Å². The summed E-state index contributed by atoms with van der Waals surface area (Å²) >= 11 is 0. The SMILES string of the molecule is COc1ccc(-c2cccc3nc(Cc4ccc(OCCNCc5ccccc5)cc4)nn23)cc1. The van der Waals surface area contributed by atoms with E-state index in [1.165, 1.54) is 5.56 Å². The van der Waals surface area contributed by atoms with Crippen molar-refractivity contribution in [3.63, 3.8) is 0 Å². The maximum absolute atomic E-state index is 5.87. The normalized spacial score (nSPS) is 11.0. The van der Waals surface area contributed by atoms with Crippen LogP contribution in [-0.4, -0.2) is 34.9 Å². The smallest absolute Gasteiger partial charge is 0.156 e. The second-order valence-electron chi connectivity index (χ2n) is 8.27. The first-order valence-corrected chi connectivity index (χ1v) is 11.7. The van der Waals surface area contributed by atoms with Crippen LogP contribution in [0.2, 0.25) is 0 Å². The molecule has 0 aliphatic carbocycles. The minimum Gasteiger partial charge on any atom is -0.497 e. The predicted octanol–water partition coefficient (Wildman–Crippen LogP) is 5.16. The van der Waals surface area contributed by atoms with Gasteiger partial charge in [0, 0.05) is 25.1 Å². The Bertz CT molecular complexity index is 1360. The molecule has 1 N–H and O–H groups in total. The Labute approximate surface area is 205 Å². The number of rotatable bonds is 10. The molecule has 6 heteroatoms. The second-order valence-corrected chi connectivity index (χ2v) is 8.27. The molecule has 0 saturated carbocycles. The highest BCUT2D eigenvalue weighted by Gasteiger charge is 2.10. The number of pyridine rings is 1. The fourth-order valence-corrected chi connectivity index (χ4v) is 3.96. The van der Waals surface area contributed by atoms with Gasteiger partial charge in [0.15, 0.2) is 11.5 Å². The highest BCUT2D eigenvalue weighted by molar-refractivity contribution is 5.63. The van der Waals surface area contributed by atoms with E-state index in [2.05, 4.69) is 41.7 Å². The summed E-state index contributed by atoms with van der Waals surface area (Å²) in [5.41, 5.74) is 5.30. The molecule has 0 saturated heterocycles. The molecule has 0 aliphatic heterocycles. The zero-order chi connectivity index (χ0) is 23.9. The molecule has 0 aliphatic rings. The van der Waals surface area contributed by atoms with Gasteiger partial charge in [-0.1, -0.05) is 48.5 Å². The number of nitrogens with zero attached hydrogens (tertiary/aromatic N) is 3. The number of hydrogen-bond acceptors (Lipinski definition) is 5. The molecule has 0 amide bonds. The van der Waals surface area contributed by atoms with Gasteiger partial charge in [0.2, 0.25) is 0 Å². The Morgan fingerprint density at radius 3 is 2.31 bits per heavy atom. The number of nitrogens with one attached hydrogen (secondary N) is 1. The number of hydrogen-bond donors (Lipinski definition) is 1. The van der Waals surface area contributed by atoms with E-state index in [1.54, 1.807) is 7.11 Å². The van der Waals surface area contributed by atoms with E-state index in [1.807, 2.05) is 65.2 Å². The second kappa shape index (κ2) is 10.8. The molecule has 176 valence electrons. The molecule has 0 radical (unpaired) electrons. The molecule has 3 aromatic carbocycles. The molecule has 35 heavy (non-hydrogen) atoms. The Morgan fingerprint density at radius 1 is 0.771 bits per heavy atom. The Balaban J connectivity index is 1.18. The Hall–Kier alpha value is -4.16. The van der Waals surface area contributed by atoms with Crippen molar-refractivity contribution in [1.29, 1.82) is 0 Å². The van der Waals surface area contributed by atoms with E-state index < -0.39 is 0 Å². The van der Waals surface area contributed by atoms with Gasteiger partial charge in [0.1, 0.15) is 18.1 Å². The molecule has 0 spiro atoms. The van der Waals surface area contributed by atoms with E-state index in [-0.39, 0.29) is 0 Å². The summed E-state index contributed by atoms with van der Waals surface area (Å²) in [5, 5.41) is 8.18. The molecule has 0 bridgehead atoms. The highest BCUT2D eigenvalue weighted by atomic mass is 16.5. The first-order valence-electron chi connectivity index (χ1n) is 11.7. The molecule has 5 rings (SSSR count).